The maximum atomic E-state index is 13.4. The van der Waals surface area contributed by atoms with Crippen molar-refractivity contribution in [3.8, 4) is 0 Å². The van der Waals surface area contributed by atoms with E-state index >= 15 is 0 Å². The van der Waals surface area contributed by atoms with Crippen LogP contribution in [0.2, 0.25) is 0 Å². The Morgan fingerprint density at radius 2 is 2.22 bits per heavy atom. The van der Waals surface area contributed by atoms with Gasteiger partial charge in [-0.2, -0.15) is 0 Å². The summed E-state index contributed by atoms with van der Waals surface area (Å²) in [7, 11) is 0. The van der Waals surface area contributed by atoms with E-state index < -0.39 is 5.72 Å². The van der Waals surface area contributed by atoms with Crippen LogP contribution >= 0.6 is 0 Å². The highest BCUT2D eigenvalue weighted by Crippen LogP contribution is 2.43. The van der Waals surface area contributed by atoms with Crippen LogP contribution in [0.1, 0.15) is 44.6 Å². The van der Waals surface area contributed by atoms with Crippen molar-refractivity contribution >= 4 is 5.91 Å². The van der Waals surface area contributed by atoms with Crippen molar-refractivity contribution in [1.82, 2.24) is 4.90 Å². The summed E-state index contributed by atoms with van der Waals surface area (Å²) in [4.78, 5) is 14.3. The van der Waals surface area contributed by atoms with Gasteiger partial charge in [0, 0.05) is 12.1 Å². The van der Waals surface area contributed by atoms with Crippen molar-refractivity contribution in [2.45, 2.75) is 51.3 Å². The minimum atomic E-state index is -1.24. The molecule has 1 atom stereocenters. The quantitative estimate of drug-likeness (QED) is 0.900. The molecule has 2 aliphatic rings. The summed E-state index contributed by atoms with van der Waals surface area (Å²) in [5.41, 5.74) is 0.901. The Morgan fingerprint density at radius 3 is 2.96 bits per heavy atom. The van der Waals surface area contributed by atoms with Crippen LogP contribution in [0, 0.1) is 5.82 Å². The average molecular weight is 315 g/mol. The van der Waals surface area contributed by atoms with Crippen molar-refractivity contribution < 1.29 is 14.3 Å². The van der Waals surface area contributed by atoms with Crippen LogP contribution in [-0.4, -0.2) is 21.6 Å². The number of rotatable bonds is 5. The first-order valence-electron chi connectivity index (χ1n) is 8.25. The first-order valence-corrected chi connectivity index (χ1v) is 8.25. The highest BCUT2D eigenvalue weighted by Gasteiger charge is 2.49. The third-order valence-corrected chi connectivity index (χ3v) is 4.68. The molecule has 0 saturated heterocycles. The van der Waals surface area contributed by atoms with E-state index in [0.29, 0.717) is 24.0 Å². The average Bonchev–Trinajstić information content (AvgIpc) is 2.76. The third kappa shape index (κ3) is 2.83. The molecule has 122 valence electrons. The predicted molar refractivity (Wildman–Crippen MR) is 86.8 cm³/mol. The maximum Gasteiger partial charge on any atom is 0.256 e. The van der Waals surface area contributed by atoms with Gasteiger partial charge in [-0.3, -0.25) is 4.79 Å². The summed E-state index contributed by atoms with van der Waals surface area (Å²) in [5, 5.41) is 11.3. The van der Waals surface area contributed by atoms with E-state index in [1.54, 1.807) is 12.1 Å². The fourth-order valence-electron chi connectivity index (χ4n) is 3.49. The third-order valence-electron chi connectivity index (χ3n) is 4.68. The maximum absolute atomic E-state index is 13.4. The molecule has 4 heteroatoms. The highest BCUT2D eigenvalue weighted by molar-refractivity contribution is 6.01. The van der Waals surface area contributed by atoms with Crippen LogP contribution < -0.4 is 0 Å². The van der Waals surface area contributed by atoms with Gasteiger partial charge in [0.1, 0.15) is 5.82 Å². The van der Waals surface area contributed by atoms with Gasteiger partial charge >= 0.3 is 0 Å². The molecule has 1 heterocycles. The van der Waals surface area contributed by atoms with E-state index in [9.17, 15) is 14.3 Å². The van der Waals surface area contributed by atoms with Gasteiger partial charge in [-0.05, 0) is 49.0 Å². The lowest BCUT2D eigenvalue weighted by Crippen LogP contribution is -2.47. The number of carbonyl (C=O) groups excluding carboxylic acids is 1. The molecule has 1 N–H and O–H groups in total. The lowest BCUT2D eigenvalue weighted by molar-refractivity contribution is -0.145. The highest BCUT2D eigenvalue weighted by atomic mass is 19.1. The zero-order valence-corrected chi connectivity index (χ0v) is 13.4. The van der Waals surface area contributed by atoms with Crippen molar-refractivity contribution in [2.24, 2.45) is 0 Å². The molecular formula is C19H22FNO2. The normalized spacial score (nSPS) is 23.6. The van der Waals surface area contributed by atoms with Gasteiger partial charge in [-0.15, -0.1) is 0 Å². The number of hydrogen-bond acceptors (Lipinski definition) is 2. The van der Waals surface area contributed by atoms with E-state index in [1.165, 1.54) is 17.0 Å². The van der Waals surface area contributed by atoms with Gasteiger partial charge in [0.2, 0.25) is 0 Å². The Hall–Kier alpha value is -1.94. The summed E-state index contributed by atoms with van der Waals surface area (Å²) in [6.07, 6.45) is 7.65. The van der Waals surface area contributed by atoms with Gasteiger partial charge < -0.3 is 10.0 Å². The largest absolute Gasteiger partial charge is 0.367 e. The molecule has 0 bridgehead atoms. The van der Waals surface area contributed by atoms with Gasteiger partial charge in [-0.1, -0.05) is 37.6 Å². The van der Waals surface area contributed by atoms with Crippen LogP contribution in [0.15, 0.2) is 47.6 Å². The zero-order valence-electron chi connectivity index (χ0n) is 13.4. The van der Waals surface area contributed by atoms with Crippen molar-refractivity contribution in [3.05, 3.63) is 58.9 Å². The second-order valence-electron chi connectivity index (χ2n) is 6.27. The number of aliphatic hydroxyl groups is 1. The SMILES string of the molecule is CCCCC1(O)C2=C(C=CCC2)C(=O)N1Cc1cccc(F)c1. The number of unbranched alkanes of at least 4 members (excludes halogenated alkanes) is 1. The fourth-order valence-corrected chi connectivity index (χ4v) is 3.49. The number of hydrogen-bond donors (Lipinski definition) is 1. The van der Waals surface area contributed by atoms with E-state index in [0.717, 1.165) is 24.8 Å². The van der Waals surface area contributed by atoms with Gasteiger partial charge in [0.25, 0.3) is 5.91 Å². The zero-order chi connectivity index (χ0) is 16.4. The Morgan fingerprint density at radius 1 is 1.39 bits per heavy atom. The lowest BCUT2D eigenvalue weighted by Gasteiger charge is -2.36. The molecule has 3 rings (SSSR count). The topological polar surface area (TPSA) is 40.5 Å². The van der Waals surface area contributed by atoms with Crippen molar-refractivity contribution in [2.75, 3.05) is 0 Å². The summed E-state index contributed by atoms with van der Waals surface area (Å²) in [5.74, 6) is -0.484. The van der Waals surface area contributed by atoms with Gasteiger partial charge in [-0.25, -0.2) is 4.39 Å². The van der Waals surface area contributed by atoms with E-state index in [4.69, 9.17) is 0 Å². The molecule has 0 fully saturated rings. The molecule has 1 unspecified atom stereocenters. The molecule has 0 spiro atoms. The second kappa shape index (κ2) is 6.28. The number of halogens is 1. The molecule has 1 amide bonds. The van der Waals surface area contributed by atoms with Crippen LogP contribution in [-0.2, 0) is 11.3 Å². The number of amides is 1. The molecule has 1 aliphatic heterocycles. The predicted octanol–water partition coefficient (Wildman–Crippen LogP) is 3.69. The molecular weight excluding hydrogens is 293 g/mol. The Kier molecular flexibility index (Phi) is 4.35. The summed E-state index contributed by atoms with van der Waals surface area (Å²) < 4.78 is 13.4. The Bertz CT molecular complexity index is 680. The molecule has 0 aromatic heterocycles. The molecule has 23 heavy (non-hydrogen) atoms. The number of nitrogens with zero attached hydrogens (tertiary/aromatic N) is 1. The molecule has 0 saturated carbocycles. The van der Waals surface area contributed by atoms with Crippen LogP contribution in [0.5, 0.6) is 0 Å². The smallest absolute Gasteiger partial charge is 0.256 e. The minimum Gasteiger partial charge on any atom is -0.367 e. The van der Waals surface area contributed by atoms with Crippen molar-refractivity contribution in [1.29, 1.82) is 0 Å². The summed E-state index contributed by atoms with van der Waals surface area (Å²) in [6.45, 7) is 2.28. The number of benzene rings is 1. The number of carbonyl (C=O) groups is 1. The molecule has 1 aromatic rings. The molecule has 1 aromatic carbocycles. The number of allylic oxidation sites excluding steroid dienone is 1. The monoisotopic (exact) mass is 315 g/mol. The van der Waals surface area contributed by atoms with E-state index in [2.05, 4.69) is 6.92 Å². The molecule has 3 nitrogen and oxygen atoms in total. The van der Waals surface area contributed by atoms with E-state index in [-0.39, 0.29) is 18.3 Å². The van der Waals surface area contributed by atoms with Crippen LogP contribution in [0.25, 0.3) is 0 Å². The van der Waals surface area contributed by atoms with E-state index in [1.807, 2.05) is 12.2 Å². The fraction of sp³-hybridized carbons (Fsp3) is 0.421. The first-order chi connectivity index (χ1) is 11.1. The first kappa shape index (κ1) is 15.9. The minimum absolute atomic E-state index is 0.154. The second-order valence-corrected chi connectivity index (χ2v) is 6.27. The lowest BCUT2D eigenvalue weighted by atomic mass is 9.89. The Labute approximate surface area is 136 Å². The van der Waals surface area contributed by atoms with Gasteiger partial charge in [0.15, 0.2) is 5.72 Å². The van der Waals surface area contributed by atoms with Gasteiger partial charge in [0.05, 0.1) is 0 Å². The standard InChI is InChI=1S/C19H22FNO2/c1-2-3-11-19(23)17-10-5-4-9-16(17)18(22)21(19)13-14-7-6-8-15(20)12-14/h4,6-9,12,23H,2-3,5,10-11,13H2,1H3. The summed E-state index contributed by atoms with van der Waals surface area (Å²) in [6, 6.07) is 6.21. The van der Waals surface area contributed by atoms with Crippen molar-refractivity contribution in [3.63, 3.8) is 0 Å². The van der Waals surface area contributed by atoms with Crippen LogP contribution in [0.4, 0.5) is 4.39 Å². The molecule has 0 radical (unpaired) electrons. The molecule has 1 aliphatic carbocycles. The summed E-state index contributed by atoms with van der Waals surface area (Å²) >= 11 is 0. The Balaban J connectivity index is 1.94. The van der Waals surface area contributed by atoms with Crippen LogP contribution in [0.3, 0.4) is 0 Å².